The molecule has 2 rings (SSSR count). The van der Waals surface area contributed by atoms with Gasteiger partial charge in [0, 0.05) is 0 Å². The van der Waals surface area contributed by atoms with Crippen molar-refractivity contribution in [2.24, 2.45) is 0 Å². The SMILES string of the molecule is Brc1ccccc1[Se]O[Se]c1ccccc1Br. The summed E-state index contributed by atoms with van der Waals surface area (Å²) in [5.74, 6) is 0. The monoisotopic (exact) mass is 486 g/mol. The van der Waals surface area contributed by atoms with Crippen LogP contribution in [0.5, 0.6) is 0 Å². The zero-order chi connectivity index (χ0) is 12.1. The van der Waals surface area contributed by atoms with Gasteiger partial charge in [-0.1, -0.05) is 0 Å². The van der Waals surface area contributed by atoms with Crippen LogP contribution >= 0.6 is 31.9 Å². The molecule has 0 bridgehead atoms. The Balaban J connectivity index is 1.93. The van der Waals surface area contributed by atoms with Crippen molar-refractivity contribution in [1.29, 1.82) is 0 Å². The maximum absolute atomic E-state index is 5.83. The molecule has 5 heteroatoms. The number of benzene rings is 2. The second kappa shape index (κ2) is 7.10. The molecule has 0 aromatic heterocycles. The van der Waals surface area contributed by atoms with E-state index < -0.39 is 0 Å². The molecule has 0 atom stereocenters. The predicted molar refractivity (Wildman–Crippen MR) is 80.1 cm³/mol. The zero-order valence-electron chi connectivity index (χ0n) is 8.60. The summed E-state index contributed by atoms with van der Waals surface area (Å²) in [7, 11) is 0. The average molecular weight is 486 g/mol. The predicted octanol–water partition coefficient (Wildman–Crippen LogP) is 2.42. The van der Waals surface area contributed by atoms with Crippen LogP contribution in [0.3, 0.4) is 0 Å². The van der Waals surface area contributed by atoms with E-state index in [0.717, 1.165) is 8.95 Å². The van der Waals surface area contributed by atoms with E-state index in [4.69, 9.17) is 2.90 Å². The van der Waals surface area contributed by atoms with Gasteiger partial charge in [-0.2, -0.15) is 0 Å². The number of halogens is 2. The molecule has 0 fully saturated rings. The van der Waals surface area contributed by atoms with E-state index >= 15 is 0 Å². The second-order valence-electron chi connectivity index (χ2n) is 3.10. The molecular formula is C12H8Br2OSe2. The summed E-state index contributed by atoms with van der Waals surface area (Å²) < 4.78 is 10.6. The van der Waals surface area contributed by atoms with Gasteiger partial charge in [-0.05, 0) is 0 Å². The first kappa shape index (κ1) is 13.8. The van der Waals surface area contributed by atoms with Gasteiger partial charge in [-0.25, -0.2) is 0 Å². The molecule has 0 aliphatic carbocycles. The van der Waals surface area contributed by atoms with E-state index in [-0.39, 0.29) is 30.6 Å². The van der Waals surface area contributed by atoms with Gasteiger partial charge in [0.2, 0.25) is 0 Å². The summed E-state index contributed by atoms with van der Waals surface area (Å²) in [5.41, 5.74) is 0. The zero-order valence-corrected chi connectivity index (χ0v) is 15.2. The van der Waals surface area contributed by atoms with Crippen LogP contribution in [-0.4, -0.2) is 30.6 Å². The van der Waals surface area contributed by atoms with Crippen molar-refractivity contribution >= 4 is 71.4 Å². The molecule has 0 aliphatic rings. The molecular weight excluding hydrogens is 478 g/mol. The molecule has 0 amide bonds. The summed E-state index contributed by atoms with van der Waals surface area (Å²) in [6.45, 7) is 0. The third kappa shape index (κ3) is 4.22. The fourth-order valence-electron chi connectivity index (χ4n) is 1.11. The number of rotatable bonds is 4. The van der Waals surface area contributed by atoms with Gasteiger partial charge in [-0.3, -0.25) is 0 Å². The Morgan fingerprint density at radius 2 is 1.12 bits per heavy atom. The van der Waals surface area contributed by atoms with Crippen LogP contribution in [0.25, 0.3) is 0 Å². The Bertz CT molecular complexity index is 460. The van der Waals surface area contributed by atoms with Gasteiger partial charge in [0.1, 0.15) is 0 Å². The Labute approximate surface area is 131 Å². The van der Waals surface area contributed by atoms with E-state index in [2.05, 4.69) is 44.0 Å². The summed E-state index contributed by atoms with van der Waals surface area (Å²) >= 11 is 7.19. The fourth-order valence-corrected chi connectivity index (χ4v) is 5.90. The molecule has 17 heavy (non-hydrogen) atoms. The molecule has 0 spiro atoms. The first-order valence-electron chi connectivity index (χ1n) is 4.77. The van der Waals surface area contributed by atoms with Crippen LogP contribution in [0.2, 0.25) is 0 Å². The molecule has 2 aromatic rings. The van der Waals surface area contributed by atoms with Crippen LogP contribution < -0.4 is 8.92 Å². The van der Waals surface area contributed by atoms with Crippen LogP contribution in [-0.2, 0) is 2.90 Å². The van der Waals surface area contributed by atoms with Gasteiger partial charge in [0.05, 0.1) is 0 Å². The van der Waals surface area contributed by atoms with Crippen molar-refractivity contribution in [3.63, 3.8) is 0 Å². The van der Waals surface area contributed by atoms with Crippen molar-refractivity contribution < 1.29 is 2.90 Å². The number of hydrogen-bond acceptors (Lipinski definition) is 1. The molecule has 0 N–H and O–H groups in total. The first-order valence-corrected chi connectivity index (χ1v) is 9.47. The molecule has 0 heterocycles. The van der Waals surface area contributed by atoms with Gasteiger partial charge in [-0.15, -0.1) is 0 Å². The third-order valence-corrected chi connectivity index (χ3v) is 8.50. The normalized spacial score (nSPS) is 10.5. The Morgan fingerprint density at radius 1 is 0.706 bits per heavy atom. The maximum atomic E-state index is 5.83. The van der Waals surface area contributed by atoms with Crippen molar-refractivity contribution in [3.8, 4) is 0 Å². The number of hydrogen-bond donors (Lipinski definition) is 0. The summed E-state index contributed by atoms with van der Waals surface area (Å²) in [4.78, 5) is 0. The molecule has 0 saturated carbocycles. The molecule has 88 valence electrons. The molecule has 1 nitrogen and oxygen atoms in total. The molecule has 0 radical (unpaired) electrons. The molecule has 0 unspecified atom stereocenters. The summed E-state index contributed by atoms with van der Waals surface area (Å²) in [6.07, 6.45) is 0. The second-order valence-corrected chi connectivity index (χ2v) is 9.12. The first-order chi connectivity index (χ1) is 8.27. The summed E-state index contributed by atoms with van der Waals surface area (Å²) in [6, 6.07) is 16.4. The molecule has 0 saturated heterocycles. The van der Waals surface area contributed by atoms with E-state index in [0.29, 0.717) is 0 Å². The van der Waals surface area contributed by atoms with E-state index in [1.807, 2.05) is 36.4 Å². The summed E-state index contributed by atoms with van der Waals surface area (Å²) in [5, 5.41) is 0. The topological polar surface area (TPSA) is 9.23 Å². The van der Waals surface area contributed by atoms with Gasteiger partial charge in [0.25, 0.3) is 0 Å². The minimum atomic E-state index is 0.0649. The van der Waals surface area contributed by atoms with E-state index in [1.54, 1.807) is 0 Å². The van der Waals surface area contributed by atoms with Gasteiger partial charge in [0.15, 0.2) is 0 Å². The van der Waals surface area contributed by atoms with Crippen LogP contribution in [0.4, 0.5) is 0 Å². The van der Waals surface area contributed by atoms with Crippen LogP contribution in [0.1, 0.15) is 0 Å². The molecule has 2 aromatic carbocycles. The van der Waals surface area contributed by atoms with Crippen molar-refractivity contribution in [2.75, 3.05) is 0 Å². The fraction of sp³-hybridized carbons (Fsp3) is 0. The minimum absolute atomic E-state index is 0.0649. The van der Waals surface area contributed by atoms with Crippen molar-refractivity contribution in [1.82, 2.24) is 0 Å². The van der Waals surface area contributed by atoms with E-state index in [9.17, 15) is 0 Å². The van der Waals surface area contributed by atoms with Crippen molar-refractivity contribution in [3.05, 3.63) is 57.5 Å². The van der Waals surface area contributed by atoms with Crippen LogP contribution in [0, 0.1) is 0 Å². The van der Waals surface area contributed by atoms with Gasteiger partial charge >= 0.3 is 132 Å². The Kier molecular flexibility index (Phi) is 5.77. The third-order valence-electron chi connectivity index (χ3n) is 1.92. The standard InChI is InChI=1S/C12H8Br2OSe2/c13-9-5-1-3-7-11(9)16-15-17-12-8-4-2-6-10(12)14/h1-8H. The van der Waals surface area contributed by atoms with Gasteiger partial charge < -0.3 is 0 Å². The Hall–Kier alpha value is 0.399. The van der Waals surface area contributed by atoms with Crippen LogP contribution in [0.15, 0.2) is 57.5 Å². The average Bonchev–Trinajstić information content (AvgIpc) is 2.34. The molecule has 0 aliphatic heterocycles. The quantitative estimate of drug-likeness (QED) is 0.605. The van der Waals surface area contributed by atoms with E-state index in [1.165, 1.54) is 8.92 Å². The van der Waals surface area contributed by atoms with Crippen molar-refractivity contribution in [2.45, 2.75) is 0 Å². The Morgan fingerprint density at radius 3 is 1.53 bits per heavy atom.